The molecule has 1 saturated heterocycles. The van der Waals surface area contributed by atoms with Crippen molar-refractivity contribution in [2.24, 2.45) is 0 Å². The second kappa shape index (κ2) is 5.47. The van der Waals surface area contributed by atoms with Crippen LogP contribution in [0.1, 0.15) is 13.1 Å². The Bertz CT molecular complexity index is 332. The minimum Gasteiger partial charge on any atom is -1.00 e. The average molecular weight is 225 g/mol. The van der Waals surface area contributed by atoms with Crippen molar-refractivity contribution < 1.29 is 50.8 Å². The number of amides is 2. The monoisotopic (exact) mass is 225 g/mol. The Kier molecular flexibility index (Phi) is 5.32. The van der Waals surface area contributed by atoms with Gasteiger partial charge in [-0.15, -0.1) is 0 Å². The van der Waals surface area contributed by atoms with E-state index < -0.39 is 18.1 Å². The molecule has 2 amide bonds. The molecule has 0 aromatic carbocycles. The van der Waals surface area contributed by atoms with Crippen molar-refractivity contribution in [1.29, 1.82) is 0 Å². The van der Waals surface area contributed by atoms with Gasteiger partial charge < -0.3 is 11.6 Å². The third-order valence-electron chi connectivity index (χ3n) is 1.53. The summed E-state index contributed by atoms with van der Waals surface area (Å²) in [6.45, 7) is 0. The minimum absolute atomic E-state index is 0. The summed E-state index contributed by atoms with van der Waals surface area (Å²) < 4.78 is 4.73. The van der Waals surface area contributed by atoms with E-state index in [1.807, 2.05) is 5.38 Å². The predicted molar refractivity (Wildman–Crippen MR) is 46.4 cm³/mol. The number of carbonyl (C=O) groups excluding carboxylic acids is 2. The van der Waals surface area contributed by atoms with E-state index in [4.69, 9.17) is 4.74 Å². The molecule has 2 rings (SSSR count). The molecule has 1 atom stereocenters. The quantitative estimate of drug-likeness (QED) is 0.529. The van der Waals surface area contributed by atoms with E-state index in [2.05, 4.69) is 5.32 Å². The van der Waals surface area contributed by atoms with Gasteiger partial charge in [0.1, 0.15) is 0 Å². The van der Waals surface area contributed by atoms with Gasteiger partial charge in [0.15, 0.2) is 0 Å². The van der Waals surface area contributed by atoms with E-state index in [1.54, 1.807) is 11.4 Å². The van der Waals surface area contributed by atoms with E-state index in [1.165, 1.54) is 11.3 Å². The first-order valence-electron chi connectivity index (χ1n) is 3.31. The van der Waals surface area contributed by atoms with Gasteiger partial charge in [0, 0.05) is 5.56 Å². The zero-order valence-electron chi connectivity index (χ0n) is 8.44. The van der Waals surface area contributed by atoms with Gasteiger partial charge in [0.2, 0.25) is 6.10 Å². The second-order valence-electron chi connectivity index (χ2n) is 2.33. The van der Waals surface area contributed by atoms with Crippen LogP contribution >= 0.6 is 11.3 Å². The number of alkyl carbamates (subject to hydrolysis) is 1. The summed E-state index contributed by atoms with van der Waals surface area (Å²) in [6.07, 6.45) is -1.42. The van der Waals surface area contributed by atoms with Crippen LogP contribution in [0.25, 0.3) is 0 Å². The maximum atomic E-state index is 11.0. The fourth-order valence-corrected chi connectivity index (χ4v) is 1.67. The number of ether oxygens (including phenoxy) is 1. The van der Waals surface area contributed by atoms with Crippen LogP contribution < -0.4 is 34.9 Å². The van der Waals surface area contributed by atoms with E-state index in [9.17, 15) is 9.59 Å². The molecule has 0 bridgehead atoms. The van der Waals surface area contributed by atoms with Crippen LogP contribution in [-0.4, -0.2) is 17.5 Å². The zero-order valence-corrected chi connectivity index (χ0v) is 10.3. The topological polar surface area (TPSA) is 86.9 Å². The first kappa shape index (κ1) is 13.6. The van der Waals surface area contributed by atoms with Crippen LogP contribution in [0.3, 0.4) is 0 Å². The smallest absolute Gasteiger partial charge is 1.00 e. The Morgan fingerprint density at radius 2 is 2.21 bits per heavy atom. The maximum Gasteiger partial charge on any atom is 1.00 e. The summed E-state index contributed by atoms with van der Waals surface area (Å²) in [6, 6.07) is 1.76. The number of hydrogen-bond donors (Lipinski definition) is 1. The van der Waals surface area contributed by atoms with Crippen LogP contribution in [0.15, 0.2) is 16.8 Å². The summed E-state index contributed by atoms with van der Waals surface area (Å²) >= 11 is 1.46. The normalized spacial score (nSPS) is 19.0. The Balaban J connectivity index is 0. The number of hydrogen-bond acceptors (Lipinski definition) is 4. The van der Waals surface area contributed by atoms with Gasteiger partial charge in [0.25, 0.3) is 5.91 Å². The molecule has 7 heteroatoms. The van der Waals surface area contributed by atoms with Crippen molar-refractivity contribution in [3.8, 4) is 0 Å². The van der Waals surface area contributed by atoms with Gasteiger partial charge >= 0.3 is 35.7 Å². The molecular weight excluding hydrogens is 217 g/mol. The number of carbonyl (C=O) groups is 2. The second-order valence-corrected chi connectivity index (χ2v) is 3.11. The van der Waals surface area contributed by atoms with Crippen molar-refractivity contribution in [2.45, 2.75) is 6.10 Å². The van der Waals surface area contributed by atoms with Gasteiger partial charge in [-0.25, -0.2) is 4.79 Å². The number of nitrogens with one attached hydrogen (secondary N) is 1. The Morgan fingerprint density at radius 3 is 2.64 bits per heavy atom. The summed E-state index contributed by atoms with van der Waals surface area (Å²) in [7, 11) is 0. The first-order chi connectivity index (χ1) is 5.77. The van der Waals surface area contributed by atoms with E-state index in [0.717, 1.165) is 5.56 Å². The van der Waals surface area contributed by atoms with Gasteiger partial charge in [0.05, 0.1) is 0 Å². The van der Waals surface area contributed by atoms with E-state index in [-0.39, 0.29) is 36.5 Å². The summed E-state index contributed by atoms with van der Waals surface area (Å²) in [5, 5.41) is 5.67. The van der Waals surface area contributed by atoms with Crippen molar-refractivity contribution in [1.82, 2.24) is 5.32 Å². The standard InChI is InChI=1S/C7H5NO3S.Na.H2O.H/c9-6-5(11-7(10)8-6)4-1-2-12-3-4;;;/h1-3,5H,(H,8,9,10);;1H2;/q;+1;;-1. The van der Waals surface area contributed by atoms with Crippen molar-refractivity contribution >= 4 is 23.3 Å². The van der Waals surface area contributed by atoms with E-state index in [0.29, 0.717) is 0 Å². The third kappa shape index (κ3) is 2.55. The van der Waals surface area contributed by atoms with Crippen molar-refractivity contribution in [2.75, 3.05) is 0 Å². The molecule has 5 nitrogen and oxygen atoms in total. The fraction of sp³-hybridized carbons (Fsp3) is 0.143. The molecule has 1 aromatic heterocycles. The van der Waals surface area contributed by atoms with Crippen molar-refractivity contribution in [3.63, 3.8) is 0 Å². The zero-order chi connectivity index (χ0) is 8.55. The molecule has 2 heterocycles. The van der Waals surface area contributed by atoms with Gasteiger partial charge in [-0.05, 0) is 16.8 Å². The molecule has 72 valence electrons. The third-order valence-corrected chi connectivity index (χ3v) is 2.24. The Hall–Kier alpha value is -0.400. The van der Waals surface area contributed by atoms with Crippen molar-refractivity contribution in [3.05, 3.63) is 22.4 Å². The van der Waals surface area contributed by atoms with Gasteiger partial charge in [-0.3, -0.25) is 10.1 Å². The molecule has 1 aliphatic heterocycles. The average Bonchev–Trinajstić information content (AvgIpc) is 2.58. The molecule has 0 radical (unpaired) electrons. The number of imide groups is 1. The summed E-state index contributed by atoms with van der Waals surface area (Å²) in [4.78, 5) is 21.6. The summed E-state index contributed by atoms with van der Waals surface area (Å²) in [5.41, 5.74) is 0.725. The molecule has 1 unspecified atom stereocenters. The van der Waals surface area contributed by atoms with Crippen LogP contribution in [0, 0.1) is 0 Å². The van der Waals surface area contributed by atoms with Crippen LogP contribution in [-0.2, 0) is 9.53 Å². The Morgan fingerprint density at radius 1 is 1.50 bits per heavy atom. The number of cyclic esters (lactones) is 1. The summed E-state index contributed by atoms with van der Waals surface area (Å²) in [5.74, 6) is -0.390. The largest absolute Gasteiger partial charge is 1.00 e. The van der Waals surface area contributed by atoms with Gasteiger partial charge in [-0.1, -0.05) is 0 Å². The van der Waals surface area contributed by atoms with Crippen LogP contribution in [0.2, 0.25) is 0 Å². The molecule has 1 aromatic rings. The molecule has 3 N–H and O–H groups in total. The Labute approximate surface area is 108 Å². The van der Waals surface area contributed by atoms with E-state index >= 15 is 0 Å². The number of thiophene rings is 1. The molecule has 0 aliphatic carbocycles. The SMILES string of the molecule is O.O=C1NC(=O)C(c2ccsc2)O1.[H-].[Na+]. The molecular formula is C7H8NNaO4S. The van der Waals surface area contributed by atoms with Crippen LogP contribution in [0.4, 0.5) is 4.79 Å². The van der Waals surface area contributed by atoms with Gasteiger partial charge in [-0.2, -0.15) is 11.3 Å². The number of rotatable bonds is 1. The van der Waals surface area contributed by atoms with Crippen LogP contribution in [0.5, 0.6) is 0 Å². The first-order valence-corrected chi connectivity index (χ1v) is 4.25. The molecule has 1 aliphatic rings. The molecule has 1 fully saturated rings. The fourth-order valence-electron chi connectivity index (χ4n) is 1.000. The minimum atomic E-state index is -0.747. The molecule has 0 spiro atoms. The maximum absolute atomic E-state index is 11.0. The predicted octanol–water partition coefficient (Wildman–Crippen LogP) is -2.65. The molecule has 14 heavy (non-hydrogen) atoms. The molecule has 0 saturated carbocycles.